The molecule has 0 amide bonds. The van der Waals surface area contributed by atoms with Crippen LogP contribution >= 0.6 is 0 Å². The second-order valence-corrected chi connectivity index (χ2v) is 5.92. The minimum Gasteiger partial charge on any atom is -0.508 e. The van der Waals surface area contributed by atoms with Gasteiger partial charge in [-0.2, -0.15) is 0 Å². The van der Waals surface area contributed by atoms with Crippen molar-refractivity contribution in [2.75, 3.05) is 6.79 Å². The highest BCUT2D eigenvalue weighted by Gasteiger charge is 2.34. The van der Waals surface area contributed by atoms with Crippen LogP contribution in [0.5, 0.6) is 5.75 Å². The van der Waals surface area contributed by atoms with Gasteiger partial charge in [-0.25, -0.2) is 0 Å². The van der Waals surface area contributed by atoms with Crippen molar-refractivity contribution < 1.29 is 14.6 Å². The molecule has 0 fully saturated rings. The molecule has 0 aromatic heterocycles. The Morgan fingerprint density at radius 3 is 2.64 bits per heavy atom. The number of phenolic OH excluding ortho intramolecular Hbond substituents is 1. The summed E-state index contributed by atoms with van der Waals surface area (Å²) in [5, 5.41) is 9.98. The van der Waals surface area contributed by atoms with E-state index in [2.05, 4.69) is 20.8 Å². The maximum Gasteiger partial charge on any atom is 0.230 e. The quantitative estimate of drug-likeness (QED) is 0.871. The van der Waals surface area contributed by atoms with Crippen molar-refractivity contribution in [1.82, 2.24) is 0 Å². The average Bonchev–Trinajstić information content (AvgIpc) is 3.00. The summed E-state index contributed by atoms with van der Waals surface area (Å²) in [6.45, 7) is 6.88. The Morgan fingerprint density at radius 1 is 1.14 bits per heavy atom. The Morgan fingerprint density at radius 2 is 1.95 bits per heavy atom. The van der Waals surface area contributed by atoms with Gasteiger partial charge < -0.3 is 14.6 Å². The summed E-state index contributed by atoms with van der Waals surface area (Å²) in [5.41, 5.74) is 4.90. The lowest BCUT2D eigenvalue weighted by Gasteiger charge is -2.28. The number of hydrogen-bond acceptors (Lipinski definition) is 3. The first-order chi connectivity index (χ1) is 10.7. The van der Waals surface area contributed by atoms with Gasteiger partial charge in [0.15, 0.2) is 5.76 Å². The van der Waals surface area contributed by atoms with Crippen LogP contribution in [0.2, 0.25) is 0 Å². The van der Waals surface area contributed by atoms with Crippen LogP contribution in [-0.2, 0) is 15.9 Å². The Hall–Kier alpha value is -1.90. The predicted molar refractivity (Wildman–Crippen MR) is 87.2 cm³/mol. The van der Waals surface area contributed by atoms with Crippen molar-refractivity contribution in [1.29, 1.82) is 0 Å². The largest absolute Gasteiger partial charge is 0.508 e. The second-order valence-electron chi connectivity index (χ2n) is 5.92. The third-order valence-corrected chi connectivity index (χ3v) is 4.78. The van der Waals surface area contributed by atoms with Gasteiger partial charge in [0.05, 0.1) is 0 Å². The van der Waals surface area contributed by atoms with E-state index >= 15 is 0 Å². The number of ether oxygens (including phenoxy) is 2. The van der Waals surface area contributed by atoms with E-state index in [1.54, 1.807) is 6.07 Å². The molecular formula is C19H24O3. The molecule has 0 radical (unpaired) electrons. The number of hydrogen-bond donors (Lipinski definition) is 1. The first-order valence-electron chi connectivity index (χ1n) is 8.23. The predicted octanol–water partition coefficient (Wildman–Crippen LogP) is 4.76. The number of benzene rings is 1. The fourth-order valence-corrected chi connectivity index (χ4v) is 3.62. The number of aryl methyl sites for hydroxylation is 1. The zero-order valence-electron chi connectivity index (χ0n) is 13.6. The van der Waals surface area contributed by atoms with Crippen LogP contribution in [-0.4, -0.2) is 11.9 Å². The molecule has 3 nitrogen and oxygen atoms in total. The summed E-state index contributed by atoms with van der Waals surface area (Å²) >= 11 is 0. The molecule has 0 spiro atoms. The molecule has 3 rings (SSSR count). The highest BCUT2D eigenvalue weighted by atomic mass is 16.7. The van der Waals surface area contributed by atoms with Crippen molar-refractivity contribution in [2.45, 2.75) is 46.5 Å². The first-order valence-corrected chi connectivity index (χ1v) is 8.23. The molecule has 0 bridgehead atoms. The first kappa shape index (κ1) is 15.0. The van der Waals surface area contributed by atoms with Gasteiger partial charge in [-0.05, 0) is 48.4 Å². The minimum absolute atomic E-state index is 0.301. The van der Waals surface area contributed by atoms with Crippen LogP contribution in [0.15, 0.2) is 35.3 Å². The zero-order chi connectivity index (χ0) is 15.7. The van der Waals surface area contributed by atoms with Gasteiger partial charge in [-0.3, -0.25) is 0 Å². The lowest BCUT2D eigenvalue weighted by molar-refractivity contribution is 0.0723. The van der Waals surface area contributed by atoms with E-state index < -0.39 is 0 Å². The van der Waals surface area contributed by atoms with Crippen LogP contribution in [0.1, 0.15) is 51.2 Å². The minimum atomic E-state index is 0.301. The van der Waals surface area contributed by atoms with Gasteiger partial charge in [0, 0.05) is 12.0 Å². The van der Waals surface area contributed by atoms with Crippen LogP contribution < -0.4 is 0 Å². The van der Waals surface area contributed by atoms with E-state index in [1.165, 1.54) is 11.1 Å². The van der Waals surface area contributed by atoms with Crippen molar-refractivity contribution in [3.8, 4) is 5.75 Å². The molecule has 1 aliphatic heterocycles. The normalized spacial score (nSPS) is 20.8. The van der Waals surface area contributed by atoms with Gasteiger partial charge in [-0.15, -0.1) is 0 Å². The van der Waals surface area contributed by atoms with Crippen molar-refractivity contribution in [3.05, 3.63) is 46.4 Å². The molecule has 1 aromatic carbocycles. The molecule has 0 saturated heterocycles. The van der Waals surface area contributed by atoms with E-state index in [9.17, 15) is 5.11 Å². The van der Waals surface area contributed by atoms with Crippen LogP contribution in [0, 0.1) is 5.92 Å². The zero-order valence-corrected chi connectivity index (χ0v) is 13.6. The van der Waals surface area contributed by atoms with Crippen molar-refractivity contribution >= 4 is 5.57 Å². The third kappa shape index (κ3) is 2.39. The van der Waals surface area contributed by atoms with E-state index in [0.29, 0.717) is 18.5 Å². The molecule has 3 heteroatoms. The molecule has 1 heterocycles. The van der Waals surface area contributed by atoms with Crippen LogP contribution in [0.4, 0.5) is 0 Å². The Kier molecular flexibility index (Phi) is 4.14. The van der Waals surface area contributed by atoms with Crippen molar-refractivity contribution in [3.63, 3.8) is 0 Å². The molecule has 1 aromatic rings. The second kappa shape index (κ2) is 6.07. The van der Waals surface area contributed by atoms with Gasteiger partial charge >= 0.3 is 0 Å². The summed E-state index contributed by atoms with van der Waals surface area (Å²) < 4.78 is 11.5. The Balaban J connectivity index is 2.23. The molecule has 1 atom stereocenters. The van der Waals surface area contributed by atoms with Gasteiger partial charge in [0.25, 0.3) is 0 Å². The van der Waals surface area contributed by atoms with Crippen LogP contribution in [0.25, 0.3) is 5.57 Å². The SMILES string of the molecule is CCC1=C(c2cc(O)ccc2CC)C2=C(CC1CC)OCO2. The molecule has 118 valence electrons. The molecule has 1 aliphatic carbocycles. The summed E-state index contributed by atoms with van der Waals surface area (Å²) in [6, 6.07) is 5.64. The maximum atomic E-state index is 9.98. The fourth-order valence-electron chi connectivity index (χ4n) is 3.62. The number of allylic oxidation sites excluding steroid dienone is 3. The van der Waals surface area contributed by atoms with E-state index in [0.717, 1.165) is 48.3 Å². The van der Waals surface area contributed by atoms with Gasteiger partial charge in [0.2, 0.25) is 6.79 Å². The summed E-state index contributed by atoms with van der Waals surface area (Å²) in [6.07, 6.45) is 3.94. The molecule has 1 unspecified atom stereocenters. The van der Waals surface area contributed by atoms with E-state index in [-0.39, 0.29) is 0 Å². The summed E-state index contributed by atoms with van der Waals surface area (Å²) in [7, 11) is 0. The molecule has 1 N–H and O–H groups in total. The van der Waals surface area contributed by atoms with Gasteiger partial charge in [0.1, 0.15) is 11.5 Å². The smallest absolute Gasteiger partial charge is 0.230 e. The molecule has 22 heavy (non-hydrogen) atoms. The highest BCUT2D eigenvalue weighted by Crippen LogP contribution is 2.46. The van der Waals surface area contributed by atoms with E-state index in [4.69, 9.17) is 9.47 Å². The van der Waals surface area contributed by atoms with E-state index in [1.807, 2.05) is 12.1 Å². The lowest BCUT2D eigenvalue weighted by Crippen LogP contribution is -2.14. The summed E-state index contributed by atoms with van der Waals surface area (Å²) in [5.74, 6) is 2.66. The summed E-state index contributed by atoms with van der Waals surface area (Å²) in [4.78, 5) is 0. The Bertz CT molecular complexity index is 640. The Labute approximate surface area is 132 Å². The third-order valence-electron chi connectivity index (χ3n) is 4.78. The molecular weight excluding hydrogens is 276 g/mol. The fraction of sp³-hybridized carbons (Fsp3) is 0.474. The monoisotopic (exact) mass is 300 g/mol. The molecule has 2 aliphatic rings. The number of phenols is 1. The maximum absolute atomic E-state index is 9.98. The average molecular weight is 300 g/mol. The van der Waals surface area contributed by atoms with Crippen molar-refractivity contribution in [2.24, 2.45) is 5.92 Å². The standard InChI is InChI=1S/C19H24O3/c1-4-12-7-8-14(20)10-16(12)18-15(6-3)13(5-2)9-17-19(18)22-11-21-17/h7-8,10,13,20H,4-6,9,11H2,1-3H3. The lowest BCUT2D eigenvalue weighted by atomic mass is 9.78. The topological polar surface area (TPSA) is 38.7 Å². The highest BCUT2D eigenvalue weighted by molar-refractivity contribution is 5.84. The number of rotatable bonds is 4. The number of aromatic hydroxyl groups is 1. The van der Waals surface area contributed by atoms with Gasteiger partial charge in [-0.1, -0.05) is 32.4 Å². The van der Waals surface area contributed by atoms with Crippen LogP contribution in [0.3, 0.4) is 0 Å². The molecule has 0 saturated carbocycles.